The molecule has 0 aliphatic carbocycles. The maximum atomic E-state index is 12.8. The normalized spacial score (nSPS) is 14.4. The molecule has 1 heterocycles. The molecule has 0 atom stereocenters. The quantitative estimate of drug-likeness (QED) is 0.600. The third kappa shape index (κ3) is 4.15. The molecule has 0 fully saturated rings. The van der Waals surface area contributed by atoms with Gasteiger partial charge in [-0.3, -0.25) is 0 Å². The Kier molecular flexibility index (Phi) is 5.33. The van der Waals surface area contributed by atoms with Gasteiger partial charge in [0.2, 0.25) is 0 Å². The van der Waals surface area contributed by atoms with Crippen LogP contribution in [-0.2, 0) is 6.18 Å². The second-order valence-electron chi connectivity index (χ2n) is 5.74. The zero-order chi connectivity index (χ0) is 16.2. The summed E-state index contributed by atoms with van der Waals surface area (Å²) in [5.41, 5.74) is 2.29. The van der Waals surface area contributed by atoms with Gasteiger partial charge in [-0.25, -0.2) is 0 Å². The van der Waals surface area contributed by atoms with Crippen molar-refractivity contribution in [3.05, 3.63) is 47.7 Å². The number of hydrogen-bond acceptors (Lipinski definition) is 1. The molecule has 0 amide bonds. The van der Waals surface area contributed by atoms with Crippen molar-refractivity contribution >= 4 is 11.3 Å². The highest BCUT2D eigenvalue weighted by Crippen LogP contribution is 2.37. The molecule has 0 saturated carbocycles. The Balaban J connectivity index is 2.02. The summed E-state index contributed by atoms with van der Waals surface area (Å²) in [7, 11) is 0. The number of alkyl halides is 3. The molecule has 22 heavy (non-hydrogen) atoms. The van der Waals surface area contributed by atoms with Gasteiger partial charge in [0.05, 0.1) is 5.56 Å². The van der Waals surface area contributed by atoms with E-state index in [9.17, 15) is 13.2 Å². The number of hydrogen-bond donors (Lipinski definition) is 1. The Morgan fingerprint density at radius 1 is 1.09 bits per heavy atom. The molecule has 4 heteroatoms. The fraction of sp³-hybridized carbons (Fsp3) is 0.444. The summed E-state index contributed by atoms with van der Waals surface area (Å²) < 4.78 is 38.3. The first-order valence-electron chi connectivity index (χ1n) is 7.80. The molecule has 0 spiro atoms. The summed E-state index contributed by atoms with van der Waals surface area (Å²) >= 11 is 0. The van der Waals surface area contributed by atoms with Crippen molar-refractivity contribution < 1.29 is 13.2 Å². The van der Waals surface area contributed by atoms with Gasteiger partial charge in [-0.2, -0.15) is 13.2 Å². The minimum absolute atomic E-state index is 0.532. The Morgan fingerprint density at radius 3 is 2.50 bits per heavy atom. The fourth-order valence-corrected chi connectivity index (χ4v) is 2.65. The van der Waals surface area contributed by atoms with Gasteiger partial charge >= 0.3 is 6.18 Å². The Hall–Kier alpha value is -1.71. The van der Waals surface area contributed by atoms with Crippen LogP contribution in [0.5, 0.6) is 0 Å². The van der Waals surface area contributed by atoms with Crippen molar-refractivity contribution in [2.75, 3.05) is 5.32 Å². The van der Waals surface area contributed by atoms with Crippen molar-refractivity contribution in [1.29, 1.82) is 0 Å². The summed E-state index contributed by atoms with van der Waals surface area (Å²) in [4.78, 5) is 0. The number of nitrogens with one attached hydrogen (secondary N) is 1. The third-order valence-corrected chi connectivity index (χ3v) is 3.89. The lowest BCUT2D eigenvalue weighted by atomic mass is 9.96. The lowest BCUT2D eigenvalue weighted by Crippen LogP contribution is -2.10. The Labute approximate surface area is 129 Å². The molecule has 0 unspecified atom stereocenters. The highest BCUT2D eigenvalue weighted by molar-refractivity contribution is 5.85. The standard InChI is InChI=1S/C18H22F3N/c1-3-4-5-6-7-8-15-11-13(2)16-12-14(18(19,20)21)9-10-17(16)22-15/h9-12,22H,2-8H2,1H3. The van der Waals surface area contributed by atoms with Crippen LogP contribution < -0.4 is 5.32 Å². The molecule has 2 rings (SSSR count). The van der Waals surface area contributed by atoms with Gasteiger partial charge in [-0.05, 0) is 42.7 Å². The van der Waals surface area contributed by atoms with Gasteiger partial charge in [0.25, 0.3) is 0 Å². The maximum Gasteiger partial charge on any atom is 0.416 e. The van der Waals surface area contributed by atoms with Crippen molar-refractivity contribution in [3.8, 4) is 0 Å². The molecule has 1 N–H and O–H groups in total. The van der Waals surface area contributed by atoms with E-state index in [-0.39, 0.29) is 0 Å². The minimum Gasteiger partial charge on any atom is -0.358 e. The fourth-order valence-electron chi connectivity index (χ4n) is 2.65. The SMILES string of the molecule is C=C1C=C(CCCCCCC)Nc2ccc(C(F)(F)F)cc21. The summed E-state index contributed by atoms with van der Waals surface area (Å²) in [5, 5.41) is 3.23. The van der Waals surface area contributed by atoms with E-state index in [1.54, 1.807) is 0 Å². The molecular weight excluding hydrogens is 287 g/mol. The highest BCUT2D eigenvalue weighted by atomic mass is 19.4. The van der Waals surface area contributed by atoms with Gasteiger partial charge in [0.1, 0.15) is 0 Å². The first kappa shape index (κ1) is 16.7. The predicted molar refractivity (Wildman–Crippen MR) is 85.6 cm³/mol. The van der Waals surface area contributed by atoms with Crippen LogP contribution in [0.4, 0.5) is 18.9 Å². The van der Waals surface area contributed by atoms with Crippen LogP contribution >= 0.6 is 0 Å². The second-order valence-corrected chi connectivity index (χ2v) is 5.74. The molecular formula is C18H22F3N. The molecule has 120 valence electrons. The number of benzene rings is 1. The maximum absolute atomic E-state index is 12.8. The molecule has 0 saturated heterocycles. The molecule has 1 aromatic rings. The molecule has 1 aliphatic rings. The summed E-state index contributed by atoms with van der Waals surface area (Å²) in [6, 6.07) is 3.77. The van der Waals surface area contributed by atoms with Gasteiger partial charge in [0.15, 0.2) is 0 Å². The lowest BCUT2D eigenvalue weighted by Gasteiger charge is -2.22. The van der Waals surface area contributed by atoms with Crippen molar-refractivity contribution in [3.63, 3.8) is 0 Å². The van der Waals surface area contributed by atoms with Gasteiger partial charge in [-0.15, -0.1) is 0 Å². The Morgan fingerprint density at radius 2 is 1.82 bits per heavy atom. The van der Waals surface area contributed by atoms with Crippen LogP contribution in [0, 0.1) is 0 Å². The van der Waals surface area contributed by atoms with Crippen LogP contribution in [0.3, 0.4) is 0 Å². The highest BCUT2D eigenvalue weighted by Gasteiger charge is 2.31. The molecule has 1 nitrogen and oxygen atoms in total. The summed E-state index contributed by atoms with van der Waals surface area (Å²) in [5.74, 6) is 0. The number of fused-ring (bicyclic) bond motifs is 1. The van der Waals surface area contributed by atoms with E-state index in [2.05, 4.69) is 18.8 Å². The molecule has 1 aliphatic heterocycles. The number of halogens is 3. The van der Waals surface area contributed by atoms with Crippen molar-refractivity contribution in [1.82, 2.24) is 0 Å². The van der Waals surface area contributed by atoms with E-state index in [0.717, 1.165) is 24.6 Å². The van der Waals surface area contributed by atoms with Gasteiger partial charge in [-0.1, -0.05) is 39.2 Å². The van der Waals surface area contributed by atoms with E-state index in [1.165, 1.54) is 37.8 Å². The number of rotatable bonds is 6. The van der Waals surface area contributed by atoms with Gasteiger partial charge in [0, 0.05) is 16.9 Å². The first-order chi connectivity index (χ1) is 10.4. The van der Waals surface area contributed by atoms with Gasteiger partial charge < -0.3 is 5.32 Å². The lowest BCUT2D eigenvalue weighted by molar-refractivity contribution is -0.137. The number of unbranched alkanes of at least 4 members (excludes halogenated alkanes) is 4. The van der Waals surface area contributed by atoms with Crippen LogP contribution in [0.15, 0.2) is 36.6 Å². The molecule has 1 aromatic carbocycles. The van der Waals surface area contributed by atoms with Crippen molar-refractivity contribution in [2.24, 2.45) is 0 Å². The first-order valence-corrected chi connectivity index (χ1v) is 7.80. The summed E-state index contributed by atoms with van der Waals surface area (Å²) in [6.45, 7) is 6.08. The predicted octanol–water partition coefficient (Wildman–Crippen LogP) is 6.39. The zero-order valence-electron chi connectivity index (χ0n) is 12.9. The van der Waals surface area contributed by atoms with E-state index in [0.29, 0.717) is 16.8 Å². The third-order valence-electron chi connectivity index (χ3n) is 3.89. The van der Waals surface area contributed by atoms with Crippen LogP contribution in [0.25, 0.3) is 5.57 Å². The number of allylic oxidation sites excluding steroid dienone is 3. The topological polar surface area (TPSA) is 12.0 Å². The van der Waals surface area contributed by atoms with E-state index in [1.807, 2.05) is 6.08 Å². The largest absolute Gasteiger partial charge is 0.416 e. The van der Waals surface area contributed by atoms with Crippen LogP contribution in [0.2, 0.25) is 0 Å². The van der Waals surface area contributed by atoms with Crippen LogP contribution in [0.1, 0.15) is 56.6 Å². The molecule has 0 aromatic heterocycles. The average Bonchev–Trinajstić information content (AvgIpc) is 2.46. The van der Waals surface area contributed by atoms with Crippen molar-refractivity contribution in [2.45, 2.75) is 51.6 Å². The molecule has 0 bridgehead atoms. The number of anilines is 1. The smallest absolute Gasteiger partial charge is 0.358 e. The van der Waals surface area contributed by atoms with E-state index >= 15 is 0 Å². The second kappa shape index (κ2) is 7.03. The van der Waals surface area contributed by atoms with Crippen LogP contribution in [-0.4, -0.2) is 0 Å². The average molecular weight is 309 g/mol. The molecule has 0 radical (unpaired) electrons. The minimum atomic E-state index is -4.32. The Bertz CT molecular complexity index is 570. The van der Waals surface area contributed by atoms with E-state index < -0.39 is 11.7 Å². The van der Waals surface area contributed by atoms with E-state index in [4.69, 9.17) is 0 Å². The summed E-state index contributed by atoms with van der Waals surface area (Å²) in [6.07, 6.45) is 4.41. The zero-order valence-corrected chi connectivity index (χ0v) is 12.9. The monoisotopic (exact) mass is 309 g/mol.